The van der Waals surface area contributed by atoms with Crippen LogP contribution in [0.2, 0.25) is 0 Å². The minimum atomic E-state index is -0.277. The number of carbonyl (C=O) groups excluding carboxylic acids is 2. The Balaban J connectivity index is 1.57. The molecular weight excluding hydrogens is 328 g/mol. The standard InChI is InChI=1S/C20H24N4O2/c1-13-5-3-6-15(9-13)11-23-19(25)16-7-4-8-17(16)24-20(26)18-12-21-14(2)10-22-18/h3,5-6,9-10,12,16-17H,4,7-8,11H2,1-2H3,(H,23,25)(H,24,26)/t16-,17+/m0/s1. The van der Waals surface area contributed by atoms with E-state index in [1.807, 2.05) is 32.0 Å². The maximum Gasteiger partial charge on any atom is 0.271 e. The molecule has 2 atom stereocenters. The van der Waals surface area contributed by atoms with E-state index < -0.39 is 0 Å². The first-order chi connectivity index (χ1) is 12.5. The van der Waals surface area contributed by atoms with E-state index in [0.29, 0.717) is 6.54 Å². The van der Waals surface area contributed by atoms with Crippen LogP contribution in [0.4, 0.5) is 0 Å². The number of rotatable bonds is 5. The summed E-state index contributed by atoms with van der Waals surface area (Å²) in [5.41, 5.74) is 3.28. The molecule has 1 aliphatic carbocycles. The van der Waals surface area contributed by atoms with Crippen molar-refractivity contribution < 1.29 is 9.59 Å². The van der Waals surface area contributed by atoms with Gasteiger partial charge in [-0.05, 0) is 32.3 Å². The van der Waals surface area contributed by atoms with Gasteiger partial charge in [0.25, 0.3) is 5.91 Å². The summed E-state index contributed by atoms with van der Waals surface area (Å²) in [5.74, 6) is -0.493. The lowest BCUT2D eigenvalue weighted by Crippen LogP contribution is -2.44. The lowest BCUT2D eigenvalue weighted by Gasteiger charge is -2.20. The fourth-order valence-corrected chi connectivity index (χ4v) is 3.34. The van der Waals surface area contributed by atoms with Gasteiger partial charge >= 0.3 is 0 Å². The molecule has 0 aliphatic heterocycles. The summed E-state index contributed by atoms with van der Waals surface area (Å²) in [6.45, 7) is 4.35. The van der Waals surface area contributed by atoms with Crippen molar-refractivity contribution in [3.8, 4) is 0 Å². The molecule has 6 heteroatoms. The van der Waals surface area contributed by atoms with Gasteiger partial charge < -0.3 is 10.6 Å². The third-order valence-electron chi connectivity index (χ3n) is 4.73. The predicted molar refractivity (Wildman–Crippen MR) is 98.4 cm³/mol. The van der Waals surface area contributed by atoms with Crippen LogP contribution in [0.15, 0.2) is 36.7 Å². The lowest BCUT2D eigenvalue weighted by molar-refractivity contribution is -0.125. The number of hydrogen-bond donors (Lipinski definition) is 2. The number of amides is 2. The normalized spacial score (nSPS) is 19.2. The van der Waals surface area contributed by atoms with E-state index in [4.69, 9.17) is 0 Å². The third-order valence-corrected chi connectivity index (χ3v) is 4.73. The second kappa shape index (κ2) is 8.08. The molecular formula is C20H24N4O2. The molecule has 0 unspecified atom stereocenters. The van der Waals surface area contributed by atoms with Crippen LogP contribution in [0, 0.1) is 19.8 Å². The molecule has 2 aromatic rings. The summed E-state index contributed by atoms with van der Waals surface area (Å²) in [6, 6.07) is 7.91. The van der Waals surface area contributed by atoms with Crippen molar-refractivity contribution in [3.63, 3.8) is 0 Å². The largest absolute Gasteiger partial charge is 0.352 e. The average Bonchev–Trinajstić information content (AvgIpc) is 3.08. The summed E-state index contributed by atoms with van der Waals surface area (Å²) in [6.07, 6.45) is 5.53. The molecule has 2 N–H and O–H groups in total. The molecule has 1 fully saturated rings. The van der Waals surface area contributed by atoms with Crippen molar-refractivity contribution in [1.82, 2.24) is 20.6 Å². The Hall–Kier alpha value is -2.76. The van der Waals surface area contributed by atoms with Gasteiger partial charge in [-0.15, -0.1) is 0 Å². The van der Waals surface area contributed by atoms with E-state index in [1.165, 1.54) is 11.8 Å². The lowest BCUT2D eigenvalue weighted by atomic mass is 10.0. The van der Waals surface area contributed by atoms with E-state index in [9.17, 15) is 9.59 Å². The molecule has 26 heavy (non-hydrogen) atoms. The van der Waals surface area contributed by atoms with Crippen molar-refractivity contribution >= 4 is 11.8 Å². The van der Waals surface area contributed by atoms with Gasteiger partial charge in [-0.3, -0.25) is 14.6 Å². The average molecular weight is 352 g/mol. The zero-order valence-corrected chi connectivity index (χ0v) is 15.2. The van der Waals surface area contributed by atoms with Crippen molar-refractivity contribution in [3.05, 3.63) is 59.2 Å². The Morgan fingerprint density at radius 2 is 2.00 bits per heavy atom. The summed E-state index contributed by atoms with van der Waals surface area (Å²) in [7, 11) is 0. The predicted octanol–water partition coefficient (Wildman–Crippen LogP) is 2.31. The van der Waals surface area contributed by atoms with Crippen LogP contribution in [0.3, 0.4) is 0 Å². The first-order valence-corrected chi connectivity index (χ1v) is 8.95. The number of aromatic nitrogens is 2. The third kappa shape index (κ3) is 4.45. The number of carbonyl (C=O) groups is 2. The smallest absolute Gasteiger partial charge is 0.271 e. The topological polar surface area (TPSA) is 84.0 Å². The Bertz CT molecular complexity index is 789. The van der Waals surface area contributed by atoms with Gasteiger partial charge in [0.1, 0.15) is 5.69 Å². The minimum Gasteiger partial charge on any atom is -0.352 e. The quantitative estimate of drug-likeness (QED) is 0.865. The molecule has 0 radical (unpaired) electrons. The van der Waals surface area contributed by atoms with Crippen LogP contribution >= 0.6 is 0 Å². The SMILES string of the molecule is Cc1cccc(CNC(=O)[C@H]2CCC[C@H]2NC(=O)c2cnc(C)cn2)c1. The van der Waals surface area contributed by atoms with Crippen LogP contribution in [0.5, 0.6) is 0 Å². The van der Waals surface area contributed by atoms with Gasteiger partial charge in [0.2, 0.25) is 5.91 Å². The maximum absolute atomic E-state index is 12.6. The highest BCUT2D eigenvalue weighted by Gasteiger charge is 2.34. The van der Waals surface area contributed by atoms with Crippen LogP contribution < -0.4 is 10.6 Å². The Morgan fingerprint density at radius 3 is 2.73 bits per heavy atom. The number of benzene rings is 1. The highest BCUT2D eigenvalue weighted by Crippen LogP contribution is 2.26. The van der Waals surface area contributed by atoms with Gasteiger partial charge in [0.05, 0.1) is 17.8 Å². The van der Waals surface area contributed by atoms with Gasteiger partial charge in [-0.1, -0.05) is 36.2 Å². The van der Waals surface area contributed by atoms with Gasteiger partial charge in [-0.25, -0.2) is 4.98 Å². The summed E-state index contributed by atoms with van der Waals surface area (Å²) < 4.78 is 0. The molecule has 0 saturated heterocycles. The van der Waals surface area contributed by atoms with Crippen molar-refractivity contribution in [1.29, 1.82) is 0 Å². The molecule has 1 heterocycles. The molecule has 6 nitrogen and oxygen atoms in total. The molecule has 0 spiro atoms. The molecule has 1 aromatic carbocycles. The van der Waals surface area contributed by atoms with Crippen molar-refractivity contribution in [2.75, 3.05) is 0 Å². The summed E-state index contributed by atoms with van der Waals surface area (Å²) in [5, 5.41) is 5.95. The molecule has 2 amide bonds. The number of hydrogen-bond acceptors (Lipinski definition) is 4. The van der Waals surface area contributed by atoms with Crippen LogP contribution in [-0.2, 0) is 11.3 Å². The van der Waals surface area contributed by atoms with Gasteiger partial charge in [0, 0.05) is 18.8 Å². The molecule has 1 aromatic heterocycles. The highest BCUT2D eigenvalue weighted by atomic mass is 16.2. The van der Waals surface area contributed by atoms with Crippen LogP contribution in [-0.4, -0.2) is 27.8 Å². The molecule has 136 valence electrons. The monoisotopic (exact) mass is 352 g/mol. The van der Waals surface area contributed by atoms with Gasteiger partial charge in [0.15, 0.2) is 0 Å². The second-order valence-corrected chi connectivity index (χ2v) is 6.87. The summed E-state index contributed by atoms with van der Waals surface area (Å²) >= 11 is 0. The molecule has 1 saturated carbocycles. The number of aryl methyl sites for hydroxylation is 2. The second-order valence-electron chi connectivity index (χ2n) is 6.87. The van der Waals surface area contributed by atoms with Crippen LogP contribution in [0.1, 0.15) is 46.6 Å². The molecule has 3 rings (SSSR count). The number of nitrogens with one attached hydrogen (secondary N) is 2. The Morgan fingerprint density at radius 1 is 1.15 bits per heavy atom. The van der Waals surface area contributed by atoms with E-state index in [1.54, 1.807) is 6.20 Å². The zero-order valence-electron chi connectivity index (χ0n) is 15.2. The zero-order chi connectivity index (χ0) is 18.5. The van der Waals surface area contributed by atoms with Crippen molar-refractivity contribution in [2.24, 2.45) is 5.92 Å². The van der Waals surface area contributed by atoms with E-state index in [-0.39, 0.29) is 29.5 Å². The fraction of sp³-hybridized carbons (Fsp3) is 0.400. The Labute approximate surface area is 153 Å². The molecule has 0 bridgehead atoms. The highest BCUT2D eigenvalue weighted by molar-refractivity contribution is 5.92. The van der Waals surface area contributed by atoms with E-state index in [0.717, 1.165) is 30.5 Å². The van der Waals surface area contributed by atoms with E-state index >= 15 is 0 Å². The first-order valence-electron chi connectivity index (χ1n) is 8.95. The Kier molecular flexibility index (Phi) is 5.61. The number of nitrogens with zero attached hydrogens (tertiary/aromatic N) is 2. The van der Waals surface area contributed by atoms with Gasteiger partial charge in [-0.2, -0.15) is 0 Å². The summed E-state index contributed by atoms with van der Waals surface area (Å²) in [4.78, 5) is 33.1. The van der Waals surface area contributed by atoms with Crippen molar-refractivity contribution in [2.45, 2.75) is 45.7 Å². The fourth-order valence-electron chi connectivity index (χ4n) is 3.34. The van der Waals surface area contributed by atoms with E-state index in [2.05, 4.69) is 26.7 Å². The maximum atomic E-state index is 12.6. The van der Waals surface area contributed by atoms with Crippen LogP contribution in [0.25, 0.3) is 0 Å². The molecule has 1 aliphatic rings. The minimum absolute atomic E-state index is 0.00991. The first kappa shape index (κ1) is 18.0.